The van der Waals surface area contributed by atoms with Crippen molar-refractivity contribution in [3.63, 3.8) is 0 Å². The van der Waals surface area contributed by atoms with E-state index in [1.807, 2.05) is 0 Å². The first kappa shape index (κ1) is 13.7. The van der Waals surface area contributed by atoms with Crippen LogP contribution >= 0.6 is 0 Å². The van der Waals surface area contributed by atoms with Crippen molar-refractivity contribution >= 4 is 11.4 Å². The molecule has 2 rings (SSSR count). The fourth-order valence-electron chi connectivity index (χ4n) is 2.22. The van der Waals surface area contributed by atoms with E-state index in [1.165, 1.54) is 6.07 Å². The standard InChI is InChI=1S/C12H19N5O2/c1-15-4-6-16(7-5-15)9-10-2-3-12(17(18)19)11(8-10)14-13/h2-3,8,14H,4-7,9,13H2,1H3. The van der Waals surface area contributed by atoms with Crippen LogP contribution in [0, 0.1) is 10.1 Å². The number of nitro benzene ring substituents is 1. The third-order valence-corrected chi connectivity index (χ3v) is 3.42. The lowest BCUT2D eigenvalue weighted by Crippen LogP contribution is -2.43. The Morgan fingerprint density at radius 1 is 1.37 bits per heavy atom. The van der Waals surface area contributed by atoms with Crippen LogP contribution in [0.1, 0.15) is 5.56 Å². The van der Waals surface area contributed by atoms with Crippen molar-refractivity contribution in [2.24, 2.45) is 5.84 Å². The number of nitrogen functional groups attached to an aromatic ring is 1. The van der Waals surface area contributed by atoms with E-state index in [9.17, 15) is 10.1 Å². The van der Waals surface area contributed by atoms with E-state index >= 15 is 0 Å². The summed E-state index contributed by atoms with van der Waals surface area (Å²) in [6.45, 7) is 4.92. The molecule has 0 aromatic heterocycles. The van der Waals surface area contributed by atoms with Gasteiger partial charge in [-0.1, -0.05) is 6.07 Å². The van der Waals surface area contributed by atoms with Crippen LogP contribution in [0.2, 0.25) is 0 Å². The lowest BCUT2D eigenvalue weighted by Gasteiger charge is -2.32. The van der Waals surface area contributed by atoms with Gasteiger partial charge < -0.3 is 10.3 Å². The fourth-order valence-corrected chi connectivity index (χ4v) is 2.22. The second kappa shape index (κ2) is 5.96. The van der Waals surface area contributed by atoms with E-state index in [-0.39, 0.29) is 5.69 Å². The molecule has 104 valence electrons. The first-order chi connectivity index (χ1) is 9.10. The van der Waals surface area contributed by atoms with Crippen molar-refractivity contribution in [1.82, 2.24) is 9.80 Å². The highest BCUT2D eigenvalue weighted by atomic mass is 16.6. The third-order valence-electron chi connectivity index (χ3n) is 3.42. The summed E-state index contributed by atoms with van der Waals surface area (Å²) in [5.74, 6) is 5.33. The zero-order valence-electron chi connectivity index (χ0n) is 11.0. The Morgan fingerprint density at radius 3 is 2.63 bits per heavy atom. The lowest BCUT2D eigenvalue weighted by atomic mass is 10.1. The molecule has 1 heterocycles. The number of nitrogens with one attached hydrogen (secondary N) is 1. The molecule has 19 heavy (non-hydrogen) atoms. The number of anilines is 1. The van der Waals surface area contributed by atoms with Crippen LogP contribution in [-0.2, 0) is 6.54 Å². The van der Waals surface area contributed by atoms with Gasteiger partial charge in [0.1, 0.15) is 5.69 Å². The van der Waals surface area contributed by atoms with Crippen molar-refractivity contribution < 1.29 is 4.92 Å². The minimum absolute atomic E-state index is 0.00428. The maximum Gasteiger partial charge on any atom is 0.293 e. The molecule has 1 fully saturated rings. The predicted molar refractivity (Wildman–Crippen MR) is 73.7 cm³/mol. The fraction of sp³-hybridized carbons (Fsp3) is 0.500. The minimum atomic E-state index is -0.436. The largest absolute Gasteiger partial charge is 0.318 e. The van der Waals surface area contributed by atoms with Gasteiger partial charge in [0.05, 0.1) is 4.92 Å². The molecule has 0 saturated carbocycles. The van der Waals surface area contributed by atoms with E-state index in [0.29, 0.717) is 5.69 Å². The molecule has 0 atom stereocenters. The summed E-state index contributed by atoms with van der Waals surface area (Å²) in [7, 11) is 2.11. The summed E-state index contributed by atoms with van der Waals surface area (Å²) in [5, 5.41) is 10.8. The molecule has 1 aromatic carbocycles. The van der Waals surface area contributed by atoms with Gasteiger partial charge in [0.2, 0.25) is 0 Å². The molecule has 0 bridgehead atoms. The minimum Gasteiger partial charge on any atom is -0.318 e. The van der Waals surface area contributed by atoms with E-state index in [2.05, 4.69) is 22.3 Å². The Hall–Kier alpha value is -1.70. The van der Waals surface area contributed by atoms with E-state index in [4.69, 9.17) is 5.84 Å². The molecule has 0 amide bonds. The Balaban J connectivity index is 2.07. The molecule has 1 aliphatic rings. The molecule has 7 heteroatoms. The summed E-state index contributed by atoms with van der Waals surface area (Å²) in [6, 6.07) is 5.04. The predicted octanol–water partition coefficient (Wildman–Crippen LogP) is 0.628. The molecule has 1 aromatic rings. The van der Waals surface area contributed by atoms with Crippen LogP contribution in [0.3, 0.4) is 0 Å². The first-order valence-electron chi connectivity index (χ1n) is 6.25. The van der Waals surface area contributed by atoms with Crippen LogP contribution in [-0.4, -0.2) is 47.9 Å². The number of nitrogens with zero attached hydrogens (tertiary/aromatic N) is 3. The quantitative estimate of drug-likeness (QED) is 0.471. The molecule has 0 spiro atoms. The molecule has 7 nitrogen and oxygen atoms in total. The molecule has 0 unspecified atom stereocenters. The number of hydrogen-bond donors (Lipinski definition) is 2. The van der Waals surface area contributed by atoms with Crippen LogP contribution in [0.5, 0.6) is 0 Å². The average Bonchev–Trinajstić information content (AvgIpc) is 2.41. The highest BCUT2D eigenvalue weighted by Gasteiger charge is 2.17. The molecule has 1 aliphatic heterocycles. The zero-order chi connectivity index (χ0) is 13.8. The molecular weight excluding hydrogens is 246 g/mol. The van der Waals surface area contributed by atoms with E-state index < -0.39 is 4.92 Å². The number of hydrogen-bond acceptors (Lipinski definition) is 6. The monoisotopic (exact) mass is 265 g/mol. The summed E-state index contributed by atoms with van der Waals surface area (Å²) < 4.78 is 0. The van der Waals surface area contributed by atoms with Crippen molar-refractivity contribution in [2.45, 2.75) is 6.54 Å². The van der Waals surface area contributed by atoms with Crippen LogP contribution in [0.25, 0.3) is 0 Å². The highest BCUT2D eigenvalue weighted by Crippen LogP contribution is 2.25. The van der Waals surface area contributed by atoms with Gasteiger partial charge in [0.25, 0.3) is 5.69 Å². The van der Waals surface area contributed by atoms with Crippen LogP contribution < -0.4 is 11.3 Å². The Morgan fingerprint density at radius 2 is 2.05 bits per heavy atom. The van der Waals surface area contributed by atoms with Gasteiger partial charge in [-0.3, -0.25) is 20.9 Å². The van der Waals surface area contributed by atoms with E-state index in [0.717, 1.165) is 38.3 Å². The number of likely N-dealkylation sites (N-methyl/N-ethyl adjacent to an activating group) is 1. The van der Waals surface area contributed by atoms with Crippen molar-refractivity contribution in [1.29, 1.82) is 0 Å². The normalized spacial score (nSPS) is 17.4. The van der Waals surface area contributed by atoms with Crippen LogP contribution in [0.15, 0.2) is 18.2 Å². The maximum atomic E-state index is 10.8. The average molecular weight is 265 g/mol. The summed E-state index contributed by atoms with van der Waals surface area (Å²) in [5.41, 5.74) is 3.79. The van der Waals surface area contributed by atoms with Crippen molar-refractivity contribution in [2.75, 3.05) is 38.7 Å². The third kappa shape index (κ3) is 3.40. The van der Waals surface area contributed by atoms with Gasteiger partial charge >= 0.3 is 0 Å². The van der Waals surface area contributed by atoms with Crippen molar-refractivity contribution in [3.05, 3.63) is 33.9 Å². The lowest BCUT2D eigenvalue weighted by molar-refractivity contribution is -0.384. The van der Waals surface area contributed by atoms with Crippen molar-refractivity contribution in [3.8, 4) is 0 Å². The highest BCUT2D eigenvalue weighted by molar-refractivity contribution is 5.62. The zero-order valence-corrected chi connectivity index (χ0v) is 11.0. The summed E-state index contributed by atoms with van der Waals surface area (Å²) in [6.07, 6.45) is 0. The number of nitrogens with two attached hydrogens (primary N) is 1. The van der Waals surface area contributed by atoms with Gasteiger partial charge in [-0.15, -0.1) is 0 Å². The van der Waals surface area contributed by atoms with E-state index in [1.54, 1.807) is 12.1 Å². The summed E-state index contributed by atoms with van der Waals surface area (Å²) >= 11 is 0. The Bertz CT molecular complexity index is 457. The second-order valence-electron chi connectivity index (χ2n) is 4.83. The van der Waals surface area contributed by atoms with Crippen LogP contribution in [0.4, 0.5) is 11.4 Å². The smallest absolute Gasteiger partial charge is 0.293 e. The molecule has 1 saturated heterocycles. The maximum absolute atomic E-state index is 10.8. The van der Waals surface area contributed by atoms with Gasteiger partial charge in [-0.25, -0.2) is 0 Å². The molecule has 0 radical (unpaired) electrons. The second-order valence-corrected chi connectivity index (χ2v) is 4.83. The number of hydrazine groups is 1. The van der Waals surface area contributed by atoms with Gasteiger partial charge in [-0.05, 0) is 18.7 Å². The molecule has 0 aliphatic carbocycles. The van der Waals surface area contributed by atoms with Gasteiger partial charge in [0.15, 0.2) is 0 Å². The Labute approximate surface area is 112 Å². The number of rotatable bonds is 4. The van der Waals surface area contributed by atoms with Gasteiger partial charge in [-0.2, -0.15) is 0 Å². The topological polar surface area (TPSA) is 87.7 Å². The SMILES string of the molecule is CN1CCN(Cc2ccc([N+](=O)[O-])c(NN)c2)CC1. The number of benzene rings is 1. The number of nitro groups is 1. The Kier molecular flexibility index (Phi) is 4.31. The number of piperazine rings is 1. The molecular formula is C12H19N5O2. The first-order valence-corrected chi connectivity index (χ1v) is 6.25. The molecule has 3 N–H and O–H groups in total. The van der Waals surface area contributed by atoms with Gasteiger partial charge in [0, 0.05) is 38.8 Å². The summed E-state index contributed by atoms with van der Waals surface area (Å²) in [4.78, 5) is 15.0.